The predicted octanol–water partition coefficient (Wildman–Crippen LogP) is 0.441. The molecule has 0 spiro atoms. The van der Waals surface area contributed by atoms with Crippen LogP contribution in [0.5, 0.6) is 0 Å². The summed E-state index contributed by atoms with van der Waals surface area (Å²) in [5, 5.41) is 8.52. The van der Waals surface area contributed by atoms with Crippen LogP contribution in [-0.2, 0) is 6.61 Å². The molecule has 0 aliphatic carbocycles. The lowest BCUT2D eigenvalue weighted by Gasteiger charge is -1.93. The van der Waals surface area contributed by atoms with E-state index in [0.717, 1.165) is 0 Å². The molecule has 0 saturated heterocycles. The molecule has 0 atom stereocenters. The average Bonchev–Trinajstić information content (AvgIpc) is 1.95. The van der Waals surface area contributed by atoms with Crippen molar-refractivity contribution in [2.45, 2.75) is 13.5 Å². The lowest BCUT2D eigenvalue weighted by atomic mass is 10.3. The van der Waals surface area contributed by atoms with Gasteiger partial charge in [-0.25, -0.2) is 0 Å². The Morgan fingerprint density at radius 2 is 2.40 bits per heavy atom. The molecule has 1 rings (SSSR count). The van der Waals surface area contributed by atoms with E-state index in [9.17, 15) is 4.79 Å². The van der Waals surface area contributed by atoms with E-state index in [1.807, 2.05) is 0 Å². The minimum absolute atomic E-state index is 0.102. The van der Waals surface area contributed by atoms with Gasteiger partial charge in [-0.3, -0.25) is 4.79 Å². The Labute approximate surface area is 57.9 Å². The van der Waals surface area contributed by atoms with Crippen molar-refractivity contribution in [1.82, 2.24) is 0 Å². The molecule has 0 saturated carbocycles. The smallest absolute Gasteiger partial charge is 0.188 e. The number of hydrogen-bond donors (Lipinski definition) is 1. The van der Waals surface area contributed by atoms with E-state index in [1.165, 1.54) is 12.3 Å². The molecular formula is C7H8O3. The highest BCUT2D eigenvalue weighted by Crippen LogP contribution is 1.95. The molecule has 1 N–H and O–H groups in total. The van der Waals surface area contributed by atoms with E-state index in [1.54, 1.807) is 6.92 Å². The molecule has 3 nitrogen and oxygen atoms in total. The van der Waals surface area contributed by atoms with Crippen LogP contribution in [-0.4, -0.2) is 5.11 Å². The van der Waals surface area contributed by atoms with E-state index in [2.05, 4.69) is 0 Å². The van der Waals surface area contributed by atoms with Gasteiger partial charge in [-0.15, -0.1) is 0 Å². The molecule has 0 aliphatic rings. The van der Waals surface area contributed by atoms with Gasteiger partial charge in [0.1, 0.15) is 12.4 Å². The zero-order valence-corrected chi connectivity index (χ0v) is 5.63. The van der Waals surface area contributed by atoms with Crippen LogP contribution in [0.1, 0.15) is 11.3 Å². The number of aliphatic hydroxyl groups is 1. The molecule has 0 fully saturated rings. The lowest BCUT2D eigenvalue weighted by Crippen LogP contribution is -2.03. The van der Waals surface area contributed by atoms with Gasteiger partial charge in [-0.2, -0.15) is 0 Å². The summed E-state index contributed by atoms with van der Waals surface area (Å²) in [6.07, 6.45) is 1.34. The third-order valence-electron chi connectivity index (χ3n) is 1.22. The van der Waals surface area contributed by atoms with Gasteiger partial charge in [0.05, 0.1) is 6.26 Å². The molecule has 54 valence electrons. The van der Waals surface area contributed by atoms with Crippen molar-refractivity contribution in [2.24, 2.45) is 0 Å². The van der Waals surface area contributed by atoms with Crippen molar-refractivity contribution < 1.29 is 9.52 Å². The van der Waals surface area contributed by atoms with Gasteiger partial charge in [-0.05, 0) is 6.92 Å². The molecule has 0 aliphatic heterocycles. The highest BCUT2D eigenvalue weighted by atomic mass is 16.4. The van der Waals surface area contributed by atoms with Crippen molar-refractivity contribution in [3.05, 3.63) is 33.9 Å². The van der Waals surface area contributed by atoms with Gasteiger partial charge in [0.15, 0.2) is 5.43 Å². The van der Waals surface area contributed by atoms with E-state index < -0.39 is 0 Å². The summed E-state index contributed by atoms with van der Waals surface area (Å²) in [6.45, 7) is 1.43. The van der Waals surface area contributed by atoms with Gasteiger partial charge < -0.3 is 9.52 Å². The van der Waals surface area contributed by atoms with Gasteiger partial charge >= 0.3 is 0 Å². The molecule has 0 unspecified atom stereocenters. The number of rotatable bonds is 1. The Bertz CT molecular complexity index is 274. The number of aliphatic hydroxyl groups excluding tert-OH is 1. The second-order valence-electron chi connectivity index (χ2n) is 2.05. The Hall–Kier alpha value is -1.09. The van der Waals surface area contributed by atoms with Crippen LogP contribution in [0.3, 0.4) is 0 Å². The minimum Gasteiger partial charge on any atom is -0.466 e. The molecular weight excluding hydrogens is 132 g/mol. The maximum Gasteiger partial charge on any atom is 0.188 e. The van der Waals surface area contributed by atoms with E-state index in [0.29, 0.717) is 11.3 Å². The average molecular weight is 140 g/mol. The summed E-state index contributed by atoms with van der Waals surface area (Å²) < 4.78 is 4.84. The second kappa shape index (κ2) is 2.66. The number of hydrogen-bond acceptors (Lipinski definition) is 3. The zero-order chi connectivity index (χ0) is 7.56. The first-order chi connectivity index (χ1) is 4.74. The molecule has 0 radical (unpaired) electrons. The van der Waals surface area contributed by atoms with Crippen molar-refractivity contribution in [3.63, 3.8) is 0 Å². The fourth-order valence-corrected chi connectivity index (χ4v) is 0.599. The maximum atomic E-state index is 10.8. The molecule has 3 heteroatoms. The Kier molecular flexibility index (Phi) is 1.87. The van der Waals surface area contributed by atoms with Gasteiger partial charge in [-0.1, -0.05) is 0 Å². The molecule has 0 amide bonds. The maximum absolute atomic E-state index is 10.8. The first-order valence-corrected chi connectivity index (χ1v) is 2.93. The molecule has 1 heterocycles. The third-order valence-corrected chi connectivity index (χ3v) is 1.22. The van der Waals surface area contributed by atoms with Gasteiger partial charge in [0, 0.05) is 11.6 Å². The minimum atomic E-state index is -0.227. The van der Waals surface area contributed by atoms with Crippen molar-refractivity contribution in [2.75, 3.05) is 0 Å². The van der Waals surface area contributed by atoms with Crippen molar-refractivity contribution in [3.8, 4) is 0 Å². The molecule has 1 aromatic heterocycles. The fraction of sp³-hybridized carbons (Fsp3) is 0.286. The summed E-state index contributed by atoms with van der Waals surface area (Å²) in [5.41, 5.74) is 0.451. The van der Waals surface area contributed by atoms with Crippen LogP contribution >= 0.6 is 0 Å². The summed E-state index contributed by atoms with van der Waals surface area (Å²) in [4.78, 5) is 10.8. The van der Waals surface area contributed by atoms with Crippen molar-refractivity contribution >= 4 is 0 Å². The van der Waals surface area contributed by atoms with Crippen LogP contribution in [0.15, 0.2) is 21.5 Å². The van der Waals surface area contributed by atoms with Crippen LogP contribution < -0.4 is 5.43 Å². The largest absolute Gasteiger partial charge is 0.466 e. The first-order valence-electron chi connectivity index (χ1n) is 2.93. The molecule has 0 aromatic carbocycles. The van der Waals surface area contributed by atoms with Gasteiger partial charge in [0.2, 0.25) is 0 Å². The van der Waals surface area contributed by atoms with Crippen LogP contribution in [0, 0.1) is 6.92 Å². The SMILES string of the molecule is Cc1coc(CO)cc1=O. The fourth-order valence-electron chi connectivity index (χ4n) is 0.599. The van der Waals surface area contributed by atoms with E-state index in [-0.39, 0.29) is 12.0 Å². The summed E-state index contributed by atoms with van der Waals surface area (Å²) >= 11 is 0. The highest BCUT2D eigenvalue weighted by molar-refractivity contribution is 5.08. The Morgan fingerprint density at radius 3 is 2.90 bits per heavy atom. The topological polar surface area (TPSA) is 50.4 Å². The number of aryl methyl sites for hydroxylation is 1. The normalized spacial score (nSPS) is 9.80. The standard InChI is InChI=1S/C7H8O3/c1-5-4-10-6(3-8)2-7(5)9/h2,4,8H,3H2,1H3. The van der Waals surface area contributed by atoms with E-state index >= 15 is 0 Å². The van der Waals surface area contributed by atoms with Crippen molar-refractivity contribution in [1.29, 1.82) is 0 Å². The Balaban J connectivity index is 3.17. The third kappa shape index (κ3) is 1.25. The molecule has 1 aromatic rings. The van der Waals surface area contributed by atoms with Crippen LogP contribution in [0.25, 0.3) is 0 Å². The highest BCUT2D eigenvalue weighted by Gasteiger charge is 1.95. The van der Waals surface area contributed by atoms with E-state index in [4.69, 9.17) is 9.52 Å². The summed E-state index contributed by atoms with van der Waals surface area (Å²) in [6, 6.07) is 1.29. The molecule has 10 heavy (non-hydrogen) atoms. The molecule has 0 bridgehead atoms. The van der Waals surface area contributed by atoms with Gasteiger partial charge in [0.25, 0.3) is 0 Å². The quantitative estimate of drug-likeness (QED) is 0.615. The second-order valence-corrected chi connectivity index (χ2v) is 2.05. The summed E-state index contributed by atoms with van der Waals surface area (Å²) in [7, 11) is 0. The van der Waals surface area contributed by atoms with Crippen LogP contribution in [0.2, 0.25) is 0 Å². The zero-order valence-electron chi connectivity index (χ0n) is 5.63. The summed E-state index contributed by atoms with van der Waals surface area (Å²) in [5.74, 6) is 0.301. The first kappa shape index (κ1) is 7.02. The predicted molar refractivity (Wildman–Crippen MR) is 35.6 cm³/mol. The van der Waals surface area contributed by atoms with Crippen LogP contribution in [0.4, 0.5) is 0 Å². The lowest BCUT2D eigenvalue weighted by molar-refractivity contribution is 0.243. The Morgan fingerprint density at radius 1 is 1.70 bits per heavy atom. The monoisotopic (exact) mass is 140 g/mol.